The van der Waals surface area contributed by atoms with E-state index in [2.05, 4.69) is 20.9 Å². The number of likely N-dealkylation sites (tertiary alicyclic amines) is 2. The monoisotopic (exact) mass is 890 g/mol. The first kappa shape index (κ1) is 47.0. The minimum absolute atomic E-state index is 0.0365. The molecule has 3 heterocycles. The largest absolute Gasteiger partial charge is 0.488 e. The lowest BCUT2D eigenvalue weighted by Crippen LogP contribution is -2.55. The van der Waals surface area contributed by atoms with Crippen molar-refractivity contribution in [2.45, 2.75) is 63.7 Å². The second-order valence-electron chi connectivity index (χ2n) is 16.4. The number of halogens is 2. The van der Waals surface area contributed by atoms with Crippen LogP contribution in [0.5, 0.6) is 11.5 Å². The summed E-state index contributed by atoms with van der Waals surface area (Å²) in [6, 6.07) is 17.2. The quantitative estimate of drug-likeness (QED) is 0.0733. The van der Waals surface area contributed by atoms with Crippen molar-refractivity contribution in [2.75, 3.05) is 72.4 Å². The number of esters is 2. The zero-order valence-corrected chi connectivity index (χ0v) is 37.1. The predicted molar refractivity (Wildman–Crippen MR) is 235 cm³/mol. The Bertz CT molecular complexity index is 2150. The lowest BCUT2D eigenvalue weighted by atomic mass is 9.76. The third-order valence-corrected chi connectivity index (χ3v) is 13.0. The fourth-order valence-electron chi connectivity index (χ4n) is 8.47. The predicted octanol–water partition coefficient (Wildman–Crippen LogP) is 6.36. The van der Waals surface area contributed by atoms with Gasteiger partial charge in [-0.25, -0.2) is 0 Å². The number of rotatable bonds is 20. The third kappa shape index (κ3) is 10.3. The van der Waals surface area contributed by atoms with Crippen molar-refractivity contribution in [3.05, 3.63) is 106 Å². The van der Waals surface area contributed by atoms with Gasteiger partial charge in [0.25, 0.3) is 0 Å². The molecule has 0 bridgehead atoms. The van der Waals surface area contributed by atoms with Gasteiger partial charge < -0.3 is 38.8 Å². The lowest BCUT2D eigenvalue weighted by Gasteiger charge is -2.45. The van der Waals surface area contributed by atoms with Crippen molar-refractivity contribution in [2.24, 2.45) is 10.8 Å². The Balaban J connectivity index is 1.25. The van der Waals surface area contributed by atoms with E-state index in [1.807, 2.05) is 55.5 Å². The van der Waals surface area contributed by atoms with Gasteiger partial charge in [-0.15, -0.1) is 11.6 Å². The van der Waals surface area contributed by atoms with Crippen molar-refractivity contribution >= 4 is 40.7 Å². The summed E-state index contributed by atoms with van der Waals surface area (Å²) >= 11 is 14.7. The van der Waals surface area contributed by atoms with Gasteiger partial charge in [0.2, 0.25) is 0 Å². The Labute approximate surface area is 373 Å². The number of hydrogen-bond acceptors (Lipinski definition) is 13. The van der Waals surface area contributed by atoms with Gasteiger partial charge in [-0.1, -0.05) is 54.1 Å². The smallest absolute Gasteiger partial charge is 0.315 e. The molecule has 0 spiro atoms. The minimum Gasteiger partial charge on any atom is -0.488 e. The molecule has 2 fully saturated rings. The molecule has 0 saturated carbocycles. The molecule has 13 nitrogen and oxygen atoms in total. The van der Waals surface area contributed by atoms with Gasteiger partial charge in [-0.3, -0.25) is 19.5 Å². The number of aliphatic hydroxyl groups excluding tert-OH is 2. The molecular formula is C47H56Cl2N4O9. The van der Waals surface area contributed by atoms with E-state index in [0.29, 0.717) is 86.2 Å². The normalized spacial score (nSPS) is 25.0. The first-order chi connectivity index (χ1) is 29.9. The molecule has 6 rings (SSSR count). The van der Waals surface area contributed by atoms with Gasteiger partial charge in [0.1, 0.15) is 52.1 Å². The molecule has 0 amide bonds. The van der Waals surface area contributed by atoms with Crippen LogP contribution in [-0.2, 0) is 37.0 Å². The Morgan fingerprint density at radius 3 is 2.26 bits per heavy atom. The summed E-state index contributed by atoms with van der Waals surface area (Å²) in [6.45, 7) is 8.48. The molecule has 3 aromatic rings. The summed E-state index contributed by atoms with van der Waals surface area (Å²) in [7, 11) is 0. The SMILES string of the molecule is CCOC(=O)C1(CO)CCN(CCCOC2(COc3cc(OCc4cncc(C#N)c4)c(CN4CCC(CO)(C(=O)OCC)C4)cc3Cl)C=CC=C(c3ccccc3)C2(C)Cl)C1. The number of hydrogen-bond donors (Lipinski definition) is 2. The number of aliphatic hydroxyl groups is 2. The standard InChI is InChI=1S/C47H56Cl2N4O9/c1-4-58-42(56)45(31-54)15-18-52(29-45)17-10-20-62-47(14-9-13-38(44(47,3)49)36-11-7-6-8-12-36)33-61-41-23-40(60-28-35-21-34(24-50)25-51-26-35)37(22-39(41)48)27-53-19-16-46(30-53,32-55)43(57)59-5-2/h6-9,11-14,21-23,25-26,54-55H,4-5,10,15-20,27-33H2,1-3H3. The van der Waals surface area contributed by atoms with Crippen molar-refractivity contribution in [3.63, 3.8) is 0 Å². The Morgan fingerprint density at radius 2 is 1.60 bits per heavy atom. The zero-order valence-electron chi connectivity index (χ0n) is 35.6. The Kier molecular flexibility index (Phi) is 15.7. The molecule has 15 heteroatoms. The van der Waals surface area contributed by atoms with Crippen molar-refractivity contribution in [1.29, 1.82) is 5.26 Å². The summed E-state index contributed by atoms with van der Waals surface area (Å²) in [4.78, 5) is 32.9. The van der Waals surface area contributed by atoms with Crippen LogP contribution in [0.3, 0.4) is 0 Å². The van der Waals surface area contributed by atoms with Crippen LogP contribution in [0.4, 0.5) is 0 Å². The van der Waals surface area contributed by atoms with Gasteiger partial charge in [0.15, 0.2) is 0 Å². The highest BCUT2D eigenvalue weighted by Crippen LogP contribution is 2.48. The van der Waals surface area contributed by atoms with Gasteiger partial charge >= 0.3 is 11.9 Å². The maximum Gasteiger partial charge on any atom is 0.315 e. The highest BCUT2D eigenvalue weighted by atomic mass is 35.5. The first-order valence-corrected chi connectivity index (χ1v) is 21.8. The number of allylic oxidation sites excluding steroid dienone is 2. The van der Waals surface area contributed by atoms with Crippen LogP contribution >= 0.6 is 23.2 Å². The molecule has 2 aromatic carbocycles. The average Bonchev–Trinajstić information content (AvgIpc) is 3.91. The summed E-state index contributed by atoms with van der Waals surface area (Å²) < 4.78 is 30.5. The molecule has 2 N–H and O–H groups in total. The third-order valence-electron chi connectivity index (χ3n) is 12.1. The fraction of sp³-hybridized carbons (Fsp3) is 0.489. The first-order valence-electron chi connectivity index (χ1n) is 21.1. The van der Waals surface area contributed by atoms with E-state index >= 15 is 0 Å². The molecule has 1 aromatic heterocycles. The van der Waals surface area contributed by atoms with E-state index in [0.717, 1.165) is 16.7 Å². The number of pyridine rings is 1. The number of ether oxygens (including phenoxy) is 5. The average molecular weight is 892 g/mol. The number of carbonyl (C=O) groups is 2. The van der Waals surface area contributed by atoms with Gasteiger partial charge in [0, 0.05) is 62.4 Å². The van der Waals surface area contributed by atoms with Gasteiger partial charge in [0.05, 0.1) is 37.0 Å². The van der Waals surface area contributed by atoms with E-state index in [4.69, 9.17) is 46.9 Å². The van der Waals surface area contributed by atoms with E-state index < -0.39 is 27.3 Å². The molecule has 62 heavy (non-hydrogen) atoms. The molecule has 2 aliphatic heterocycles. The van der Waals surface area contributed by atoms with Crippen LogP contribution in [0.2, 0.25) is 5.02 Å². The van der Waals surface area contributed by atoms with Crippen LogP contribution < -0.4 is 9.47 Å². The molecule has 1 aliphatic carbocycles. The topological polar surface area (TPSA) is 164 Å². The number of nitriles is 1. The maximum atomic E-state index is 12.9. The Hall–Kier alpha value is -4.52. The summed E-state index contributed by atoms with van der Waals surface area (Å²) in [5.41, 5.74) is 0.430. The lowest BCUT2D eigenvalue weighted by molar-refractivity contribution is -0.158. The van der Waals surface area contributed by atoms with E-state index in [-0.39, 0.29) is 52.2 Å². The van der Waals surface area contributed by atoms with Crippen LogP contribution in [0.1, 0.15) is 62.3 Å². The number of alkyl halides is 1. The van der Waals surface area contributed by atoms with Crippen LogP contribution in [0, 0.1) is 22.2 Å². The molecule has 0 radical (unpaired) electrons. The number of benzene rings is 2. The molecule has 4 atom stereocenters. The number of aromatic nitrogens is 1. The minimum atomic E-state index is -1.19. The second kappa shape index (κ2) is 20.8. The molecular weight excluding hydrogens is 835 g/mol. The maximum absolute atomic E-state index is 12.9. The highest BCUT2D eigenvalue weighted by Gasteiger charge is 2.52. The van der Waals surface area contributed by atoms with Crippen molar-refractivity contribution in [1.82, 2.24) is 14.8 Å². The van der Waals surface area contributed by atoms with Crippen molar-refractivity contribution < 1.29 is 43.5 Å². The van der Waals surface area contributed by atoms with Gasteiger partial charge in [-0.05, 0) is 82.5 Å². The molecule has 3 aliphatic rings. The Morgan fingerprint density at radius 1 is 0.919 bits per heavy atom. The summed E-state index contributed by atoms with van der Waals surface area (Å²) in [5, 5.41) is 30.2. The molecule has 4 unspecified atom stereocenters. The van der Waals surface area contributed by atoms with E-state index in [1.165, 1.54) is 6.20 Å². The van der Waals surface area contributed by atoms with E-state index in [9.17, 15) is 25.1 Å². The fourth-order valence-corrected chi connectivity index (χ4v) is 9.05. The number of nitrogens with zero attached hydrogens (tertiary/aromatic N) is 4. The highest BCUT2D eigenvalue weighted by molar-refractivity contribution is 6.32. The summed E-state index contributed by atoms with van der Waals surface area (Å²) in [5.74, 6) is -0.0131. The van der Waals surface area contributed by atoms with Crippen LogP contribution in [0.25, 0.3) is 5.57 Å². The molecule has 332 valence electrons. The van der Waals surface area contributed by atoms with Crippen molar-refractivity contribution in [3.8, 4) is 17.6 Å². The number of carbonyl (C=O) groups excluding carboxylic acids is 2. The van der Waals surface area contributed by atoms with Gasteiger partial charge in [-0.2, -0.15) is 5.26 Å². The molecule has 2 saturated heterocycles. The zero-order chi connectivity index (χ0) is 44.4. The summed E-state index contributed by atoms with van der Waals surface area (Å²) in [6.07, 6.45) is 10.5. The second-order valence-corrected chi connectivity index (χ2v) is 17.5. The van der Waals surface area contributed by atoms with Crippen LogP contribution in [0.15, 0.2) is 79.2 Å². The van der Waals surface area contributed by atoms with Crippen LogP contribution in [-0.4, -0.2) is 120 Å². The van der Waals surface area contributed by atoms with E-state index in [1.54, 1.807) is 38.2 Å².